The van der Waals surface area contributed by atoms with Crippen molar-refractivity contribution >= 4 is 33.3 Å². The number of hydrogen-bond acceptors (Lipinski definition) is 4. The number of halogens is 3. The number of hydrogen-bond donors (Lipinski definition) is 1. The molecule has 21 heavy (non-hydrogen) atoms. The predicted molar refractivity (Wildman–Crippen MR) is 81.5 cm³/mol. The number of aromatic nitrogens is 1. The lowest BCUT2D eigenvalue weighted by atomic mass is 10.0. The highest BCUT2D eigenvalue weighted by Gasteiger charge is 2.20. The Morgan fingerprint density at radius 1 is 1.52 bits per heavy atom. The Morgan fingerprint density at radius 2 is 2.24 bits per heavy atom. The van der Waals surface area contributed by atoms with Gasteiger partial charge in [-0.2, -0.15) is 5.26 Å². The second kappa shape index (κ2) is 6.29. The molecule has 0 spiro atoms. The lowest BCUT2D eigenvalue weighted by Crippen LogP contribution is -2.09. The first-order valence-electron chi connectivity index (χ1n) is 5.89. The zero-order chi connectivity index (χ0) is 15.6. The van der Waals surface area contributed by atoms with Crippen LogP contribution in [0.4, 0.5) is 10.2 Å². The van der Waals surface area contributed by atoms with Gasteiger partial charge in [0.05, 0.1) is 16.7 Å². The molecule has 0 fully saturated rings. The molecular formula is C14H10BrClFN3O. The van der Waals surface area contributed by atoms with Crippen LogP contribution in [0.25, 0.3) is 0 Å². The van der Waals surface area contributed by atoms with Crippen LogP contribution in [-0.2, 0) is 0 Å². The first-order valence-corrected chi connectivity index (χ1v) is 7.06. The van der Waals surface area contributed by atoms with Gasteiger partial charge in [-0.15, -0.1) is 0 Å². The van der Waals surface area contributed by atoms with Gasteiger partial charge in [0.15, 0.2) is 11.6 Å². The summed E-state index contributed by atoms with van der Waals surface area (Å²) in [4.78, 5) is 3.94. The van der Waals surface area contributed by atoms with Crippen molar-refractivity contribution in [3.63, 3.8) is 0 Å². The van der Waals surface area contributed by atoms with Crippen molar-refractivity contribution in [2.75, 3.05) is 5.73 Å². The van der Waals surface area contributed by atoms with Gasteiger partial charge < -0.3 is 10.5 Å². The summed E-state index contributed by atoms with van der Waals surface area (Å²) in [5.41, 5.74) is 6.25. The van der Waals surface area contributed by atoms with Gasteiger partial charge in [0, 0.05) is 16.2 Å². The zero-order valence-electron chi connectivity index (χ0n) is 10.9. The Bertz CT molecular complexity index is 733. The number of pyridine rings is 1. The van der Waals surface area contributed by atoms with E-state index in [0.29, 0.717) is 10.2 Å². The molecule has 1 unspecified atom stereocenters. The third-order valence-corrected chi connectivity index (χ3v) is 3.63. The van der Waals surface area contributed by atoms with Crippen LogP contribution in [-0.4, -0.2) is 4.98 Å². The number of anilines is 1. The zero-order valence-corrected chi connectivity index (χ0v) is 13.2. The minimum Gasteiger partial charge on any atom is -0.482 e. The maximum absolute atomic E-state index is 13.6. The lowest BCUT2D eigenvalue weighted by molar-refractivity contribution is 0.226. The Morgan fingerprint density at radius 3 is 2.90 bits per heavy atom. The molecule has 1 heterocycles. The summed E-state index contributed by atoms with van der Waals surface area (Å²) in [6, 6.07) is 6.11. The third-order valence-electron chi connectivity index (χ3n) is 2.81. The molecule has 0 aliphatic rings. The highest BCUT2D eigenvalue weighted by Crippen LogP contribution is 2.34. The quantitative estimate of drug-likeness (QED) is 0.877. The van der Waals surface area contributed by atoms with Crippen LogP contribution in [0.15, 0.2) is 28.9 Å². The molecule has 1 atom stereocenters. The van der Waals surface area contributed by atoms with Crippen molar-refractivity contribution in [3.8, 4) is 11.8 Å². The average molecular weight is 371 g/mol. The standard InChI is InChI=1S/C14H10BrClFN3O/c1-7(21-11-4-9(15)6-20-14(11)19)12-8(5-18)2-3-10(17)13(12)16/h2-4,6-7H,1H3,(H2,19,20). The number of nitrogens with two attached hydrogens (primary N) is 1. The van der Waals surface area contributed by atoms with E-state index < -0.39 is 11.9 Å². The van der Waals surface area contributed by atoms with E-state index in [1.54, 1.807) is 13.0 Å². The van der Waals surface area contributed by atoms with Crippen molar-refractivity contribution in [1.29, 1.82) is 5.26 Å². The number of nitriles is 1. The van der Waals surface area contributed by atoms with Crippen molar-refractivity contribution in [3.05, 3.63) is 50.8 Å². The first kappa shape index (κ1) is 15.5. The van der Waals surface area contributed by atoms with Crippen molar-refractivity contribution in [2.24, 2.45) is 0 Å². The summed E-state index contributed by atoms with van der Waals surface area (Å²) in [6.07, 6.45) is 0.865. The molecule has 0 amide bonds. The van der Waals surface area contributed by atoms with E-state index in [0.717, 1.165) is 6.07 Å². The number of rotatable bonds is 3. The highest BCUT2D eigenvalue weighted by atomic mass is 79.9. The molecule has 2 aromatic rings. The minimum atomic E-state index is -0.666. The molecule has 0 saturated carbocycles. The normalized spacial score (nSPS) is 11.8. The molecule has 7 heteroatoms. The Hall–Kier alpha value is -1.84. The minimum absolute atomic E-state index is 0.136. The van der Waals surface area contributed by atoms with Gasteiger partial charge in [-0.3, -0.25) is 0 Å². The molecule has 0 aliphatic heterocycles. The third kappa shape index (κ3) is 3.26. The van der Waals surface area contributed by atoms with Gasteiger partial charge in [0.1, 0.15) is 11.9 Å². The van der Waals surface area contributed by atoms with E-state index in [1.807, 2.05) is 6.07 Å². The first-order chi connectivity index (χ1) is 9.93. The summed E-state index contributed by atoms with van der Waals surface area (Å²) in [6.45, 7) is 1.65. The molecule has 1 aromatic heterocycles. The van der Waals surface area contributed by atoms with Crippen LogP contribution in [0.3, 0.4) is 0 Å². The summed E-state index contributed by atoms with van der Waals surface area (Å²) >= 11 is 9.21. The number of ether oxygens (including phenoxy) is 1. The molecule has 0 radical (unpaired) electrons. The second-order valence-corrected chi connectivity index (χ2v) is 5.53. The average Bonchev–Trinajstić information content (AvgIpc) is 2.45. The van der Waals surface area contributed by atoms with E-state index in [9.17, 15) is 4.39 Å². The van der Waals surface area contributed by atoms with Crippen molar-refractivity contribution in [1.82, 2.24) is 4.98 Å². The smallest absolute Gasteiger partial charge is 0.166 e. The molecule has 2 N–H and O–H groups in total. The molecule has 108 valence electrons. The fraction of sp³-hybridized carbons (Fsp3) is 0.143. The van der Waals surface area contributed by atoms with Gasteiger partial charge in [-0.1, -0.05) is 11.6 Å². The Labute approximate surface area is 134 Å². The fourth-order valence-electron chi connectivity index (χ4n) is 1.84. The molecule has 0 saturated heterocycles. The molecule has 0 aliphatic carbocycles. The Kier molecular flexibility index (Phi) is 4.66. The predicted octanol–water partition coefficient (Wildman–Crippen LogP) is 4.23. The van der Waals surface area contributed by atoms with Crippen LogP contribution < -0.4 is 10.5 Å². The SMILES string of the molecule is CC(Oc1cc(Br)cnc1N)c1c(C#N)ccc(F)c1Cl. The lowest BCUT2D eigenvalue weighted by Gasteiger charge is -2.18. The van der Waals surface area contributed by atoms with Gasteiger partial charge in [0.25, 0.3) is 0 Å². The summed E-state index contributed by atoms with van der Waals surface area (Å²) in [7, 11) is 0. The van der Waals surface area contributed by atoms with Crippen LogP contribution in [0, 0.1) is 17.1 Å². The maximum Gasteiger partial charge on any atom is 0.166 e. The number of nitrogen functional groups attached to an aromatic ring is 1. The van der Waals surface area contributed by atoms with E-state index in [4.69, 9.17) is 27.3 Å². The molecular weight excluding hydrogens is 361 g/mol. The summed E-state index contributed by atoms with van der Waals surface area (Å²) < 4.78 is 20.0. The number of benzene rings is 1. The van der Waals surface area contributed by atoms with Crippen molar-refractivity contribution < 1.29 is 9.13 Å². The van der Waals surface area contributed by atoms with Gasteiger partial charge in [-0.25, -0.2) is 9.37 Å². The maximum atomic E-state index is 13.6. The summed E-state index contributed by atoms with van der Waals surface area (Å²) in [5, 5.41) is 8.98. The van der Waals surface area contributed by atoms with E-state index >= 15 is 0 Å². The van der Waals surface area contributed by atoms with E-state index in [1.165, 1.54) is 12.3 Å². The second-order valence-electron chi connectivity index (χ2n) is 4.23. The molecule has 0 bridgehead atoms. The van der Waals surface area contributed by atoms with Crippen LogP contribution >= 0.6 is 27.5 Å². The molecule has 4 nitrogen and oxygen atoms in total. The fourth-order valence-corrected chi connectivity index (χ4v) is 2.47. The van der Waals surface area contributed by atoms with E-state index in [-0.39, 0.29) is 22.0 Å². The van der Waals surface area contributed by atoms with Crippen LogP contribution in [0.5, 0.6) is 5.75 Å². The highest BCUT2D eigenvalue weighted by molar-refractivity contribution is 9.10. The monoisotopic (exact) mass is 369 g/mol. The topological polar surface area (TPSA) is 71.9 Å². The van der Waals surface area contributed by atoms with Gasteiger partial charge >= 0.3 is 0 Å². The van der Waals surface area contributed by atoms with E-state index in [2.05, 4.69) is 20.9 Å². The largest absolute Gasteiger partial charge is 0.482 e. The summed E-state index contributed by atoms with van der Waals surface area (Å²) in [5.74, 6) is -0.0985. The molecule has 1 aromatic carbocycles. The number of nitrogens with zero attached hydrogens (tertiary/aromatic N) is 2. The molecule has 2 rings (SSSR count). The van der Waals surface area contributed by atoms with Gasteiger partial charge in [0.2, 0.25) is 0 Å². The van der Waals surface area contributed by atoms with Crippen LogP contribution in [0.2, 0.25) is 5.02 Å². The van der Waals surface area contributed by atoms with Crippen LogP contribution in [0.1, 0.15) is 24.2 Å². The van der Waals surface area contributed by atoms with Crippen molar-refractivity contribution in [2.45, 2.75) is 13.0 Å². The van der Waals surface area contributed by atoms with Gasteiger partial charge in [-0.05, 0) is 41.1 Å². The Balaban J connectivity index is 2.41.